The smallest absolute Gasteiger partial charge is 0.277 e. The van der Waals surface area contributed by atoms with Crippen molar-refractivity contribution < 1.29 is 24.4 Å². The van der Waals surface area contributed by atoms with Crippen molar-refractivity contribution >= 4 is 34.2 Å². The van der Waals surface area contributed by atoms with Gasteiger partial charge in [-0.05, 0) is 37.5 Å². The molecular weight excluding hydrogens is 340 g/mol. The number of hydrogen-bond donors (Lipinski definition) is 0. The van der Waals surface area contributed by atoms with Crippen molar-refractivity contribution in [3.8, 4) is 0 Å². The van der Waals surface area contributed by atoms with E-state index >= 15 is 0 Å². The molecule has 0 saturated carbocycles. The maximum atomic E-state index is 12.7. The van der Waals surface area contributed by atoms with Crippen molar-refractivity contribution in [1.29, 1.82) is 0 Å². The molecule has 0 radical (unpaired) electrons. The highest BCUT2D eigenvalue weighted by Gasteiger charge is 2.34. The largest absolute Gasteiger partial charge is 0.550 e. The van der Waals surface area contributed by atoms with E-state index in [9.17, 15) is 29.6 Å². The maximum absolute atomic E-state index is 12.7. The Morgan fingerprint density at radius 3 is 2.35 bits per heavy atom. The predicted molar refractivity (Wildman–Crippen MR) is 89.4 cm³/mol. The van der Waals surface area contributed by atoms with E-state index in [0.717, 1.165) is 4.90 Å². The summed E-state index contributed by atoms with van der Waals surface area (Å²) in [7, 11) is 0. The molecule has 0 aromatic heterocycles. The molecule has 8 heteroatoms. The van der Waals surface area contributed by atoms with Crippen LogP contribution in [0.1, 0.15) is 46.4 Å². The molecular formula is C18H15N2O6-. The number of amides is 2. The molecule has 2 amide bonds. The number of nitro groups is 1. The molecule has 26 heavy (non-hydrogen) atoms. The number of carbonyl (C=O) groups excluding carboxylic acids is 3. The van der Waals surface area contributed by atoms with E-state index in [-0.39, 0.29) is 35.2 Å². The van der Waals surface area contributed by atoms with E-state index < -0.39 is 22.7 Å². The van der Waals surface area contributed by atoms with Gasteiger partial charge in [0.05, 0.1) is 10.3 Å². The highest BCUT2D eigenvalue weighted by molar-refractivity contribution is 6.26. The van der Waals surface area contributed by atoms with Crippen LogP contribution in [0, 0.1) is 10.1 Å². The van der Waals surface area contributed by atoms with Gasteiger partial charge in [0, 0.05) is 35.1 Å². The van der Waals surface area contributed by atoms with E-state index in [2.05, 4.69) is 0 Å². The van der Waals surface area contributed by atoms with Gasteiger partial charge in [-0.25, -0.2) is 0 Å². The zero-order valence-electron chi connectivity index (χ0n) is 13.8. The molecule has 2 aromatic rings. The third-order valence-electron chi connectivity index (χ3n) is 4.43. The monoisotopic (exact) mass is 355 g/mol. The Balaban J connectivity index is 1.89. The quantitative estimate of drug-likeness (QED) is 0.322. The molecule has 0 fully saturated rings. The number of hydrogen-bond acceptors (Lipinski definition) is 6. The minimum Gasteiger partial charge on any atom is -0.550 e. The lowest BCUT2D eigenvalue weighted by Gasteiger charge is -2.27. The van der Waals surface area contributed by atoms with Crippen LogP contribution in [0.25, 0.3) is 10.8 Å². The van der Waals surface area contributed by atoms with Crippen molar-refractivity contribution in [1.82, 2.24) is 4.90 Å². The summed E-state index contributed by atoms with van der Waals surface area (Å²) in [5, 5.41) is 22.2. The van der Waals surface area contributed by atoms with Crippen LogP contribution in [0.3, 0.4) is 0 Å². The number of carbonyl (C=O) groups is 3. The Labute approximate surface area is 148 Å². The fraction of sp³-hybridized carbons (Fsp3) is 0.278. The first-order valence-electron chi connectivity index (χ1n) is 8.18. The van der Waals surface area contributed by atoms with Gasteiger partial charge >= 0.3 is 0 Å². The zero-order chi connectivity index (χ0) is 18.8. The second-order valence-electron chi connectivity index (χ2n) is 6.06. The molecule has 1 aliphatic rings. The molecule has 0 spiro atoms. The number of imide groups is 1. The van der Waals surface area contributed by atoms with Crippen LogP contribution in [0.2, 0.25) is 0 Å². The van der Waals surface area contributed by atoms with Crippen molar-refractivity contribution in [2.45, 2.75) is 25.7 Å². The predicted octanol–water partition coefficient (Wildman–Crippen LogP) is 1.65. The number of non-ortho nitro benzene ring substituents is 1. The molecule has 0 N–H and O–H groups in total. The van der Waals surface area contributed by atoms with Gasteiger partial charge in [0.2, 0.25) is 0 Å². The summed E-state index contributed by atoms with van der Waals surface area (Å²) in [6, 6.07) is 7.28. The minimum absolute atomic E-state index is 0.0618. The fourth-order valence-corrected chi connectivity index (χ4v) is 3.21. The van der Waals surface area contributed by atoms with Gasteiger partial charge in [0.1, 0.15) is 0 Å². The lowest BCUT2D eigenvalue weighted by Crippen LogP contribution is -2.40. The van der Waals surface area contributed by atoms with Crippen LogP contribution < -0.4 is 5.11 Å². The normalized spacial score (nSPS) is 13.3. The number of nitrogens with zero attached hydrogens (tertiary/aromatic N) is 2. The number of rotatable bonds is 7. The standard InChI is InChI=1S/C18H16N2O6/c21-15(22)7-2-1-3-10-19-17(23)12-6-4-5-11-14(20(25)26)9-8-13(16(11)12)18(19)24/h4-6,8-9H,1-3,7,10H2,(H,21,22)/p-1. The molecule has 0 unspecified atom stereocenters. The molecule has 0 atom stereocenters. The molecule has 1 heterocycles. The van der Waals surface area contributed by atoms with Crippen LogP contribution in [-0.4, -0.2) is 34.2 Å². The molecule has 1 aliphatic heterocycles. The Kier molecular flexibility index (Phi) is 4.66. The summed E-state index contributed by atoms with van der Waals surface area (Å²) in [6.45, 7) is 0.164. The maximum Gasteiger partial charge on any atom is 0.277 e. The number of carboxylic acids is 1. The SMILES string of the molecule is O=C([O-])CCCCCN1C(=O)c2cccc3c([N+](=O)[O-])ccc(c23)C1=O. The number of aliphatic carboxylic acids is 1. The Morgan fingerprint density at radius 1 is 1.00 bits per heavy atom. The van der Waals surface area contributed by atoms with Gasteiger partial charge in [-0.15, -0.1) is 0 Å². The fourth-order valence-electron chi connectivity index (χ4n) is 3.21. The van der Waals surface area contributed by atoms with E-state index in [1.165, 1.54) is 18.2 Å². The number of unbranched alkanes of at least 4 members (excludes halogenated alkanes) is 2. The Hall–Kier alpha value is -3.29. The lowest BCUT2D eigenvalue weighted by atomic mass is 9.93. The topological polar surface area (TPSA) is 121 Å². The Morgan fingerprint density at radius 2 is 1.69 bits per heavy atom. The minimum atomic E-state index is -1.13. The summed E-state index contributed by atoms with van der Waals surface area (Å²) < 4.78 is 0. The first kappa shape index (κ1) is 17.5. The van der Waals surface area contributed by atoms with Crippen molar-refractivity contribution in [3.05, 3.63) is 51.6 Å². The van der Waals surface area contributed by atoms with Gasteiger partial charge in [-0.3, -0.25) is 24.6 Å². The van der Waals surface area contributed by atoms with Crippen LogP contribution in [-0.2, 0) is 4.79 Å². The molecule has 0 saturated heterocycles. The van der Waals surface area contributed by atoms with Crippen LogP contribution in [0.15, 0.2) is 30.3 Å². The van der Waals surface area contributed by atoms with Crippen LogP contribution >= 0.6 is 0 Å². The number of benzene rings is 2. The summed E-state index contributed by atoms with van der Waals surface area (Å²) in [6.07, 6.45) is 1.37. The summed E-state index contributed by atoms with van der Waals surface area (Å²) in [4.78, 5) is 47.6. The van der Waals surface area contributed by atoms with Gasteiger partial charge in [0.15, 0.2) is 0 Å². The average molecular weight is 355 g/mol. The summed E-state index contributed by atoms with van der Waals surface area (Å²) in [5.74, 6) is -2.11. The van der Waals surface area contributed by atoms with E-state index in [4.69, 9.17) is 0 Å². The highest BCUT2D eigenvalue weighted by Crippen LogP contribution is 2.35. The second-order valence-corrected chi connectivity index (χ2v) is 6.06. The molecule has 0 aliphatic carbocycles. The van der Waals surface area contributed by atoms with Crippen molar-refractivity contribution in [2.24, 2.45) is 0 Å². The number of carboxylic acid groups (broad SMARTS) is 1. The molecule has 2 aromatic carbocycles. The van der Waals surface area contributed by atoms with Crippen LogP contribution in [0.5, 0.6) is 0 Å². The van der Waals surface area contributed by atoms with Gasteiger partial charge in [0.25, 0.3) is 17.5 Å². The van der Waals surface area contributed by atoms with Crippen molar-refractivity contribution in [2.75, 3.05) is 6.54 Å². The average Bonchev–Trinajstić information content (AvgIpc) is 2.60. The zero-order valence-corrected chi connectivity index (χ0v) is 13.8. The Bertz CT molecular complexity index is 914. The van der Waals surface area contributed by atoms with Gasteiger partial charge in [-0.2, -0.15) is 0 Å². The third kappa shape index (κ3) is 3.01. The molecule has 8 nitrogen and oxygen atoms in total. The van der Waals surface area contributed by atoms with E-state index in [1.54, 1.807) is 12.1 Å². The molecule has 0 bridgehead atoms. The first-order valence-corrected chi connectivity index (χ1v) is 8.18. The molecule has 134 valence electrons. The van der Waals surface area contributed by atoms with E-state index in [0.29, 0.717) is 24.6 Å². The molecule has 3 rings (SSSR count). The van der Waals surface area contributed by atoms with Crippen molar-refractivity contribution in [3.63, 3.8) is 0 Å². The summed E-state index contributed by atoms with van der Waals surface area (Å²) >= 11 is 0. The second kappa shape index (κ2) is 6.91. The summed E-state index contributed by atoms with van der Waals surface area (Å²) in [5.41, 5.74) is 0.369. The van der Waals surface area contributed by atoms with E-state index in [1.807, 2.05) is 0 Å². The lowest BCUT2D eigenvalue weighted by molar-refractivity contribution is -0.383. The highest BCUT2D eigenvalue weighted by atomic mass is 16.6. The third-order valence-corrected chi connectivity index (χ3v) is 4.43. The first-order chi connectivity index (χ1) is 12.4. The van der Waals surface area contributed by atoms with Gasteiger partial charge in [-0.1, -0.05) is 12.5 Å². The van der Waals surface area contributed by atoms with Gasteiger partial charge < -0.3 is 9.90 Å². The van der Waals surface area contributed by atoms with Crippen LogP contribution in [0.4, 0.5) is 5.69 Å². The number of nitro benzene ring substituents is 1.